The lowest BCUT2D eigenvalue weighted by Gasteiger charge is -2.33. The Morgan fingerprint density at radius 3 is 2.44 bits per heavy atom. The van der Waals surface area contributed by atoms with Crippen LogP contribution in [-0.2, 0) is 9.53 Å². The third kappa shape index (κ3) is 3.59. The van der Waals surface area contributed by atoms with E-state index in [0.29, 0.717) is 13.1 Å². The van der Waals surface area contributed by atoms with Gasteiger partial charge in [-0.25, -0.2) is 4.79 Å². The number of rotatable bonds is 1. The van der Waals surface area contributed by atoms with Gasteiger partial charge in [0.15, 0.2) is 0 Å². The van der Waals surface area contributed by atoms with E-state index in [0.717, 1.165) is 0 Å². The zero-order valence-corrected chi connectivity index (χ0v) is 11.0. The van der Waals surface area contributed by atoms with Gasteiger partial charge in [0, 0.05) is 12.8 Å². The molecule has 1 fully saturated rings. The molecule has 16 heavy (non-hydrogen) atoms. The van der Waals surface area contributed by atoms with Crippen LogP contribution in [0.25, 0.3) is 0 Å². The van der Waals surface area contributed by atoms with Gasteiger partial charge in [0.25, 0.3) is 5.91 Å². The summed E-state index contributed by atoms with van der Waals surface area (Å²) in [4.78, 5) is 24.7. The van der Waals surface area contributed by atoms with Crippen molar-refractivity contribution in [2.75, 3.05) is 25.9 Å². The molecule has 0 spiro atoms. The number of hydrogen-bond acceptors (Lipinski definition) is 4. The van der Waals surface area contributed by atoms with Crippen LogP contribution >= 0.6 is 11.9 Å². The van der Waals surface area contributed by atoms with Gasteiger partial charge >= 0.3 is 6.09 Å². The van der Waals surface area contributed by atoms with Gasteiger partial charge in [-0.3, -0.25) is 14.0 Å². The summed E-state index contributed by atoms with van der Waals surface area (Å²) in [5.41, 5.74) is -0.517. The maximum atomic E-state index is 11.7. The van der Waals surface area contributed by atoms with Crippen molar-refractivity contribution in [3.63, 3.8) is 0 Å². The molecule has 0 aromatic heterocycles. The topological polar surface area (TPSA) is 49.9 Å². The van der Waals surface area contributed by atoms with Crippen LogP contribution in [0, 0.1) is 0 Å². The molecule has 0 radical (unpaired) electrons. The highest BCUT2D eigenvalue weighted by molar-refractivity contribution is 7.96. The van der Waals surface area contributed by atoms with Gasteiger partial charge in [-0.15, -0.1) is 0 Å². The first-order valence-corrected chi connectivity index (χ1v) is 6.34. The molecule has 1 aliphatic rings. The van der Waals surface area contributed by atoms with Crippen molar-refractivity contribution >= 4 is 23.9 Å². The van der Waals surface area contributed by atoms with E-state index < -0.39 is 11.7 Å². The van der Waals surface area contributed by atoms with E-state index in [2.05, 4.69) is 0 Å². The Bertz CT molecular complexity index is 288. The standard InChI is InChI=1S/C10H18N2O3S/c1-10(2,3)15-9(14)11-5-6-12(16-4)8(13)7-11/h5-7H2,1-4H3. The van der Waals surface area contributed by atoms with Gasteiger partial charge in [0.1, 0.15) is 12.1 Å². The van der Waals surface area contributed by atoms with E-state index in [1.165, 1.54) is 16.8 Å². The number of carbonyl (C=O) groups is 2. The molecule has 0 saturated carbocycles. The van der Waals surface area contributed by atoms with Crippen LogP contribution < -0.4 is 0 Å². The summed E-state index contributed by atoms with van der Waals surface area (Å²) in [5.74, 6) is -0.0513. The molecule has 0 unspecified atom stereocenters. The molecular weight excluding hydrogens is 228 g/mol. The van der Waals surface area contributed by atoms with E-state index in [1.54, 1.807) is 4.31 Å². The molecule has 1 rings (SSSR count). The summed E-state index contributed by atoms with van der Waals surface area (Å²) in [6.07, 6.45) is 1.43. The number of amides is 2. The van der Waals surface area contributed by atoms with E-state index in [4.69, 9.17) is 4.74 Å². The number of nitrogens with zero attached hydrogens (tertiary/aromatic N) is 2. The largest absolute Gasteiger partial charge is 0.444 e. The molecule has 2 amide bonds. The van der Waals surface area contributed by atoms with E-state index in [9.17, 15) is 9.59 Å². The monoisotopic (exact) mass is 246 g/mol. The molecule has 1 saturated heterocycles. The Kier molecular flexibility index (Phi) is 4.07. The minimum Gasteiger partial charge on any atom is -0.444 e. The SMILES string of the molecule is CSN1CCN(C(=O)OC(C)(C)C)CC1=O. The van der Waals surface area contributed by atoms with Crippen LogP contribution in [0.2, 0.25) is 0 Å². The predicted molar refractivity (Wildman–Crippen MR) is 63.0 cm³/mol. The van der Waals surface area contributed by atoms with Crippen molar-refractivity contribution in [2.24, 2.45) is 0 Å². The minimum atomic E-state index is -0.517. The molecule has 0 atom stereocenters. The molecule has 0 bridgehead atoms. The lowest BCUT2D eigenvalue weighted by atomic mass is 10.2. The Morgan fingerprint density at radius 2 is 2.00 bits per heavy atom. The zero-order valence-electron chi connectivity index (χ0n) is 10.1. The number of ether oxygens (including phenoxy) is 1. The van der Waals surface area contributed by atoms with Crippen molar-refractivity contribution in [1.29, 1.82) is 0 Å². The summed E-state index contributed by atoms with van der Waals surface area (Å²) in [5, 5.41) is 0. The van der Waals surface area contributed by atoms with Gasteiger partial charge in [-0.2, -0.15) is 0 Å². The fraction of sp³-hybridized carbons (Fsp3) is 0.800. The Morgan fingerprint density at radius 1 is 1.38 bits per heavy atom. The summed E-state index contributed by atoms with van der Waals surface area (Å²) >= 11 is 1.39. The summed E-state index contributed by atoms with van der Waals surface area (Å²) < 4.78 is 6.86. The summed E-state index contributed by atoms with van der Waals surface area (Å²) in [7, 11) is 0. The van der Waals surface area contributed by atoms with Gasteiger partial charge in [-0.05, 0) is 20.8 Å². The molecule has 0 aromatic carbocycles. The first-order chi connectivity index (χ1) is 7.33. The van der Waals surface area contributed by atoms with Crippen LogP contribution in [0.15, 0.2) is 0 Å². The molecule has 0 aliphatic carbocycles. The van der Waals surface area contributed by atoms with Gasteiger partial charge in [0.2, 0.25) is 0 Å². The molecular formula is C10H18N2O3S. The quantitative estimate of drug-likeness (QED) is 0.655. The van der Waals surface area contributed by atoms with Gasteiger partial charge in [0.05, 0.1) is 6.54 Å². The lowest BCUT2D eigenvalue weighted by Crippen LogP contribution is -2.50. The van der Waals surface area contributed by atoms with Crippen molar-refractivity contribution in [3.05, 3.63) is 0 Å². The van der Waals surface area contributed by atoms with Crippen LogP contribution in [0.3, 0.4) is 0 Å². The zero-order chi connectivity index (χ0) is 12.3. The fourth-order valence-corrected chi connectivity index (χ4v) is 1.86. The Balaban J connectivity index is 2.52. The third-order valence-corrected chi connectivity index (χ3v) is 2.88. The number of hydrogen-bond donors (Lipinski definition) is 0. The molecule has 0 N–H and O–H groups in total. The van der Waals surface area contributed by atoms with Crippen molar-refractivity contribution in [1.82, 2.24) is 9.21 Å². The first-order valence-electron chi connectivity index (χ1n) is 5.16. The number of carbonyl (C=O) groups excluding carboxylic acids is 2. The van der Waals surface area contributed by atoms with E-state index >= 15 is 0 Å². The normalized spacial score (nSPS) is 17.6. The highest BCUT2D eigenvalue weighted by Crippen LogP contribution is 2.15. The number of piperazine rings is 1. The maximum Gasteiger partial charge on any atom is 0.410 e. The lowest BCUT2D eigenvalue weighted by molar-refractivity contribution is -0.129. The van der Waals surface area contributed by atoms with E-state index in [-0.39, 0.29) is 12.5 Å². The fourth-order valence-electron chi connectivity index (χ4n) is 1.33. The molecule has 5 nitrogen and oxygen atoms in total. The highest BCUT2D eigenvalue weighted by atomic mass is 32.2. The van der Waals surface area contributed by atoms with Crippen LogP contribution in [0.4, 0.5) is 4.79 Å². The summed E-state index contributed by atoms with van der Waals surface area (Å²) in [6.45, 7) is 6.62. The second-order valence-corrected chi connectivity index (χ2v) is 5.39. The second kappa shape index (κ2) is 4.95. The van der Waals surface area contributed by atoms with Crippen molar-refractivity contribution in [2.45, 2.75) is 26.4 Å². The predicted octanol–water partition coefficient (Wildman–Crippen LogP) is 1.34. The van der Waals surface area contributed by atoms with Crippen LogP contribution in [-0.4, -0.2) is 52.7 Å². The van der Waals surface area contributed by atoms with Crippen molar-refractivity contribution < 1.29 is 14.3 Å². The molecule has 1 aliphatic heterocycles. The second-order valence-electron chi connectivity index (χ2n) is 4.58. The Labute approximate surface area is 100 Å². The molecule has 0 aromatic rings. The third-order valence-electron chi connectivity index (χ3n) is 2.05. The van der Waals surface area contributed by atoms with Gasteiger partial charge < -0.3 is 4.74 Å². The van der Waals surface area contributed by atoms with Gasteiger partial charge in [-0.1, -0.05) is 11.9 Å². The highest BCUT2D eigenvalue weighted by Gasteiger charge is 2.29. The average Bonchev–Trinajstić information content (AvgIpc) is 2.15. The summed E-state index contributed by atoms with van der Waals surface area (Å²) in [6, 6.07) is 0. The molecule has 1 heterocycles. The average molecular weight is 246 g/mol. The Hall–Kier alpha value is -0.910. The van der Waals surface area contributed by atoms with Crippen LogP contribution in [0.5, 0.6) is 0 Å². The van der Waals surface area contributed by atoms with E-state index in [1.807, 2.05) is 27.0 Å². The first kappa shape index (κ1) is 13.2. The minimum absolute atomic E-state index is 0.0513. The molecule has 92 valence electrons. The van der Waals surface area contributed by atoms with Crippen LogP contribution in [0.1, 0.15) is 20.8 Å². The smallest absolute Gasteiger partial charge is 0.410 e. The molecule has 6 heteroatoms. The maximum absolute atomic E-state index is 11.7. The van der Waals surface area contributed by atoms with Crippen molar-refractivity contribution in [3.8, 4) is 0 Å².